The van der Waals surface area contributed by atoms with Crippen LogP contribution in [0.15, 0.2) is 9.41 Å². The molecule has 7 heteroatoms. The maximum atomic E-state index is 5.57. The maximum Gasteiger partial charge on any atom is 0.214 e. The van der Waals surface area contributed by atoms with Crippen molar-refractivity contribution in [3.05, 3.63) is 17.3 Å². The van der Waals surface area contributed by atoms with Crippen LogP contribution in [0, 0.1) is 13.8 Å². The zero-order valence-electron chi connectivity index (χ0n) is 13.7. The molecule has 3 fully saturated rings. The predicted octanol–water partition coefficient (Wildman–Crippen LogP) is -0.0438. The zero-order chi connectivity index (χ0) is 15.5. The van der Waals surface area contributed by atoms with Crippen molar-refractivity contribution in [2.45, 2.75) is 26.4 Å². The van der Waals surface area contributed by atoms with E-state index in [1.165, 1.54) is 26.2 Å². The number of hydrogen-bond donors (Lipinski definition) is 2. The third kappa shape index (κ3) is 3.41. The molecular formula is C15H26N6O. The van der Waals surface area contributed by atoms with Crippen molar-refractivity contribution in [1.29, 1.82) is 0 Å². The average Bonchev–Trinajstić information content (AvgIpc) is 2.87. The molecule has 122 valence electrons. The van der Waals surface area contributed by atoms with Gasteiger partial charge < -0.3 is 15.1 Å². The highest BCUT2D eigenvalue weighted by Gasteiger charge is 2.31. The minimum atomic E-state index is 0.550. The molecule has 3 aliphatic rings. The number of oxazole rings is 1. The number of rotatable bonds is 4. The lowest BCUT2D eigenvalue weighted by atomic mass is 10.1. The molecule has 0 aliphatic carbocycles. The fraction of sp³-hybridized carbons (Fsp3) is 0.733. The topological polar surface area (TPSA) is 68.9 Å². The van der Waals surface area contributed by atoms with E-state index >= 15 is 0 Å². The van der Waals surface area contributed by atoms with Crippen LogP contribution in [0.2, 0.25) is 0 Å². The summed E-state index contributed by atoms with van der Waals surface area (Å²) >= 11 is 0. The number of fused-ring (bicyclic) bond motifs is 3. The van der Waals surface area contributed by atoms with E-state index in [9.17, 15) is 0 Å². The third-order valence-corrected chi connectivity index (χ3v) is 4.60. The first-order chi connectivity index (χ1) is 10.7. The first-order valence-corrected chi connectivity index (χ1v) is 7.99. The van der Waals surface area contributed by atoms with E-state index < -0.39 is 0 Å². The SMILES string of the molecule is CN=C(NCc1nc(C)c(C)o1)NCC1CN2CCN1CC2. The molecule has 7 nitrogen and oxygen atoms in total. The lowest BCUT2D eigenvalue weighted by Gasteiger charge is -2.47. The molecule has 22 heavy (non-hydrogen) atoms. The van der Waals surface area contributed by atoms with E-state index in [-0.39, 0.29) is 0 Å². The Labute approximate surface area is 131 Å². The lowest BCUT2D eigenvalue weighted by Crippen LogP contribution is -2.63. The van der Waals surface area contributed by atoms with Crippen molar-refractivity contribution in [3.63, 3.8) is 0 Å². The molecule has 2 N–H and O–H groups in total. The first kappa shape index (κ1) is 15.3. The van der Waals surface area contributed by atoms with E-state index in [4.69, 9.17) is 4.42 Å². The molecular weight excluding hydrogens is 280 g/mol. The Bertz CT molecular complexity index is 513. The summed E-state index contributed by atoms with van der Waals surface area (Å²) < 4.78 is 5.57. The van der Waals surface area contributed by atoms with Gasteiger partial charge in [-0.05, 0) is 13.8 Å². The van der Waals surface area contributed by atoms with Crippen molar-refractivity contribution < 1.29 is 4.42 Å². The lowest BCUT2D eigenvalue weighted by molar-refractivity contribution is 0.0154. The second-order valence-electron chi connectivity index (χ2n) is 6.05. The van der Waals surface area contributed by atoms with Gasteiger partial charge in [0.05, 0.1) is 12.2 Å². The molecule has 3 saturated heterocycles. The van der Waals surface area contributed by atoms with Crippen LogP contribution in [0.1, 0.15) is 17.3 Å². The van der Waals surface area contributed by atoms with Gasteiger partial charge in [-0.15, -0.1) is 0 Å². The van der Waals surface area contributed by atoms with Crippen LogP contribution >= 0.6 is 0 Å². The van der Waals surface area contributed by atoms with E-state index in [2.05, 4.69) is 30.4 Å². The van der Waals surface area contributed by atoms with Crippen molar-refractivity contribution in [3.8, 4) is 0 Å². The fourth-order valence-corrected chi connectivity index (χ4v) is 3.13. The fourth-order valence-electron chi connectivity index (χ4n) is 3.13. The quantitative estimate of drug-likeness (QED) is 0.601. The summed E-state index contributed by atoms with van der Waals surface area (Å²) in [6.45, 7) is 11.3. The monoisotopic (exact) mass is 306 g/mol. The second-order valence-corrected chi connectivity index (χ2v) is 6.05. The minimum Gasteiger partial charge on any atom is -0.444 e. The molecule has 1 unspecified atom stereocenters. The van der Waals surface area contributed by atoms with Crippen molar-refractivity contribution in [2.24, 2.45) is 4.99 Å². The maximum absolute atomic E-state index is 5.57. The van der Waals surface area contributed by atoms with Gasteiger partial charge in [0.25, 0.3) is 0 Å². The molecule has 2 bridgehead atoms. The molecule has 0 amide bonds. The number of aryl methyl sites for hydroxylation is 2. The van der Waals surface area contributed by atoms with Gasteiger partial charge in [0, 0.05) is 52.4 Å². The second kappa shape index (κ2) is 6.66. The summed E-state index contributed by atoms with van der Waals surface area (Å²) in [4.78, 5) is 13.8. The van der Waals surface area contributed by atoms with Crippen LogP contribution in [0.4, 0.5) is 0 Å². The molecule has 0 aromatic carbocycles. The Morgan fingerprint density at radius 1 is 1.27 bits per heavy atom. The summed E-state index contributed by atoms with van der Waals surface area (Å²) in [6, 6.07) is 0.576. The van der Waals surface area contributed by atoms with Gasteiger partial charge in [0.1, 0.15) is 5.76 Å². The van der Waals surface area contributed by atoms with Crippen molar-refractivity contribution in [1.82, 2.24) is 25.4 Å². The van der Waals surface area contributed by atoms with Crippen LogP contribution in [0.25, 0.3) is 0 Å². The molecule has 0 radical (unpaired) electrons. The predicted molar refractivity (Wildman–Crippen MR) is 86.0 cm³/mol. The first-order valence-electron chi connectivity index (χ1n) is 7.99. The molecule has 1 atom stereocenters. The molecule has 4 rings (SSSR count). The normalized spacial score (nSPS) is 28.0. The van der Waals surface area contributed by atoms with Crippen LogP contribution in [0.5, 0.6) is 0 Å². The highest BCUT2D eigenvalue weighted by molar-refractivity contribution is 5.79. The molecule has 4 heterocycles. The number of hydrogen-bond acceptors (Lipinski definition) is 5. The minimum absolute atomic E-state index is 0.550. The number of aliphatic imine (C=N–C) groups is 1. The summed E-state index contributed by atoms with van der Waals surface area (Å²) in [5.41, 5.74) is 0.944. The Kier molecular flexibility index (Phi) is 4.63. The number of aromatic nitrogens is 1. The highest BCUT2D eigenvalue weighted by Crippen LogP contribution is 2.14. The molecule has 3 aliphatic heterocycles. The standard InChI is InChI=1S/C15H26N6O/c1-11-12(2)22-14(19-11)9-18-15(16-3)17-8-13-10-20-4-6-21(13)7-5-20/h13H,4-10H2,1-3H3,(H2,16,17,18). The van der Waals surface area contributed by atoms with Crippen LogP contribution in [-0.2, 0) is 6.54 Å². The van der Waals surface area contributed by atoms with Crippen LogP contribution in [0.3, 0.4) is 0 Å². The number of nitrogens with zero attached hydrogens (tertiary/aromatic N) is 4. The van der Waals surface area contributed by atoms with Gasteiger partial charge in [0.15, 0.2) is 5.96 Å². The Morgan fingerprint density at radius 3 is 2.59 bits per heavy atom. The third-order valence-electron chi connectivity index (χ3n) is 4.60. The van der Waals surface area contributed by atoms with Crippen molar-refractivity contribution >= 4 is 5.96 Å². The zero-order valence-corrected chi connectivity index (χ0v) is 13.7. The number of nitrogens with one attached hydrogen (secondary N) is 2. The number of piperazine rings is 3. The number of guanidine groups is 1. The molecule has 0 spiro atoms. The van der Waals surface area contributed by atoms with E-state index in [1.807, 2.05) is 13.8 Å². The van der Waals surface area contributed by atoms with Gasteiger partial charge in [-0.25, -0.2) is 4.98 Å². The van der Waals surface area contributed by atoms with Crippen LogP contribution in [-0.4, -0.2) is 73.1 Å². The Hall–Kier alpha value is -1.60. The van der Waals surface area contributed by atoms with Gasteiger partial charge in [-0.1, -0.05) is 0 Å². The Morgan fingerprint density at radius 2 is 2.05 bits per heavy atom. The van der Waals surface area contributed by atoms with Crippen LogP contribution < -0.4 is 10.6 Å². The van der Waals surface area contributed by atoms with E-state index in [0.717, 1.165) is 30.5 Å². The average molecular weight is 306 g/mol. The van der Waals surface area contributed by atoms with Gasteiger partial charge in [0.2, 0.25) is 5.89 Å². The van der Waals surface area contributed by atoms with Gasteiger partial charge in [-0.3, -0.25) is 14.8 Å². The van der Waals surface area contributed by atoms with Crippen molar-refractivity contribution in [2.75, 3.05) is 46.3 Å². The molecule has 0 saturated carbocycles. The summed E-state index contributed by atoms with van der Waals surface area (Å²) in [5, 5.41) is 6.68. The Balaban J connectivity index is 1.46. The molecule has 1 aromatic heterocycles. The van der Waals surface area contributed by atoms with E-state index in [1.54, 1.807) is 7.05 Å². The van der Waals surface area contributed by atoms with Gasteiger partial charge in [-0.2, -0.15) is 0 Å². The smallest absolute Gasteiger partial charge is 0.214 e. The summed E-state index contributed by atoms with van der Waals surface area (Å²) in [5.74, 6) is 2.37. The summed E-state index contributed by atoms with van der Waals surface area (Å²) in [6.07, 6.45) is 0. The highest BCUT2D eigenvalue weighted by atomic mass is 16.4. The van der Waals surface area contributed by atoms with Gasteiger partial charge >= 0.3 is 0 Å². The largest absolute Gasteiger partial charge is 0.444 e. The molecule has 1 aromatic rings. The summed E-state index contributed by atoms with van der Waals surface area (Å²) in [7, 11) is 1.79. The van der Waals surface area contributed by atoms with E-state index in [0.29, 0.717) is 18.5 Å².